The summed E-state index contributed by atoms with van der Waals surface area (Å²) in [6.07, 6.45) is -0.104. The van der Waals surface area contributed by atoms with Gasteiger partial charge in [0, 0.05) is 10.9 Å². The molecule has 0 aliphatic heterocycles. The monoisotopic (exact) mass is 275 g/mol. The maximum absolute atomic E-state index is 12.2. The zero-order valence-corrected chi connectivity index (χ0v) is 13.7. The first kappa shape index (κ1) is 17.2. The zero-order valence-electron chi connectivity index (χ0n) is 9.79. The molecule has 0 spiro atoms. The van der Waals surface area contributed by atoms with Gasteiger partial charge in [0.25, 0.3) is 0 Å². The molecule has 1 unspecified atom stereocenters. The van der Waals surface area contributed by atoms with Gasteiger partial charge in [0.05, 0.1) is 0 Å². The van der Waals surface area contributed by atoms with Gasteiger partial charge in [0.1, 0.15) is 0 Å². The summed E-state index contributed by atoms with van der Waals surface area (Å²) < 4.78 is 36.5. The van der Waals surface area contributed by atoms with E-state index in [-0.39, 0.29) is 57.4 Å². The van der Waals surface area contributed by atoms with Crippen LogP contribution in [0.4, 0.5) is 12.9 Å². The van der Waals surface area contributed by atoms with Gasteiger partial charge in [-0.25, -0.2) is 0 Å². The molecule has 1 aromatic rings. The zero-order chi connectivity index (χ0) is 11.5. The minimum atomic E-state index is -4.72. The van der Waals surface area contributed by atoms with Crippen molar-refractivity contribution in [2.24, 2.45) is 0 Å². The van der Waals surface area contributed by atoms with Gasteiger partial charge in [-0.1, -0.05) is 6.07 Å². The average Bonchev–Trinajstić information content (AvgIpc) is 2.53. The van der Waals surface area contributed by atoms with Crippen molar-refractivity contribution >= 4 is 18.3 Å². The van der Waals surface area contributed by atoms with Crippen molar-refractivity contribution in [1.82, 2.24) is 4.90 Å². The average molecular weight is 275 g/mol. The third-order valence-corrected chi connectivity index (χ3v) is 3.22. The summed E-state index contributed by atoms with van der Waals surface area (Å²) in [6, 6.07) is 3.79. The Morgan fingerprint density at radius 1 is 1.44 bits per heavy atom. The summed E-state index contributed by atoms with van der Waals surface area (Å²) in [5.41, 5.74) is 0. The van der Waals surface area contributed by atoms with Crippen molar-refractivity contribution in [2.45, 2.75) is 19.4 Å². The van der Waals surface area contributed by atoms with E-state index in [0.29, 0.717) is 6.42 Å². The van der Waals surface area contributed by atoms with Crippen molar-refractivity contribution in [1.29, 1.82) is 0 Å². The van der Waals surface area contributed by atoms with Gasteiger partial charge < -0.3 is 17.8 Å². The minimum Gasteiger partial charge on any atom is -0.448 e. The third-order valence-electron chi connectivity index (χ3n) is 2.32. The predicted octanol–water partition coefficient (Wildman–Crippen LogP) is 0.00150. The van der Waals surface area contributed by atoms with E-state index < -0.39 is 13.4 Å². The fourth-order valence-corrected chi connectivity index (χ4v) is 2.21. The molecule has 0 amide bonds. The number of hydrogen-bond donors (Lipinski definition) is 0. The normalized spacial score (nSPS) is 13.6. The molecule has 0 radical (unpaired) electrons. The minimum absolute atomic E-state index is 0. The first-order valence-corrected chi connectivity index (χ1v) is 5.70. The SMILES string of the molecule is CC(Cc1cccs1)N(C)C[B-](F)(F)F.[K+]. The number of rotatable bonds is 5. The number of likely N-dealkylation sites (N-methyl/N-ethyl adjacent to an activating group) is 1. The second-order valence-electron chi connectivity index (χ2n) is 3.78. The Morgan fingerprint density at radius 3 is 2.50 bits per heavy atom. The van der Waals surface area contributed by atoms with Crippen LogP contribution >= 0.6 is 11.3 Å². The first-order chi connectivity index (χ1) is 6.88. The molecule has 1 heterocycles. The van der Waals surface area contributed by atoms with Gasteiger partial charge in [-0.3, -0.25) is 0 Å². The molecule has 0 saturated heterocycles. The van der Waals surface area contributed by atoms with E-state index in [9.17, 15) is 12.9 Å². The van der Waals surface area contributed by atoms with Crippen molar-refractivity contribution in [3.8, 4) is 0 Å². The molecule has 1 rings (SSSR count). The van der Waals surface area contributed by atoms with Gasteiger partial charge in [-0.05, 0) is 38.3 Å². The molecule has 1 aromatic heterocycles. The van der Waals surface area contributed by atoms with Crippen LogP contribution in [0.15, 0.2) is 17.5 Å². The summed E-state index contributed by atoms with van der Waals surface area (Å²) in [5.74, 6) is 0. The van der Waals surface area contributed by atoms with Crippen LogP contribution in [0, 0.1) is 0 Å². The van der Waals surface area contributed by atoms with Crippen molar-refractivity contribution in [2.75, 3.05) is 13.5 Å². The molecule has 0 aliphatic carbocycles. The van der Waals surface area contributed by atoms with Crippen LogP contribution in [0.3, 0.4) is 0 Å². The molecule has 0 aromatic carbocycles. The Bertz CT molecular complexity index is 291. The number of nitrogens with zero attached hydrogens (tertiary/aromatic N) is 1. The summed E-state index contributed by atoms with van der Waals surface area (Å²) in [7, 11) is 1.52. The van der Waals surface area contributed by atoms with E-state index in [2.05, 4.69) is 0 Å². The Hall–Kier alpha value is 1.15. The Morgan fingerprint density at radius 2 is 2.06 bits per heavy atom. The molecule has 0 N–H and O–H groups in total. The van der Waals surface area contributed by atoms with Crippen molar-refractivity contribution in [3.63, 3.8) is 0 Å². The molecule has 0 fully saturated rings. The molecular weight excluding hydrogens is 261 g/mol. The van der Waals surface area contributed by atoms with E-state index in [1.54, 1.807) is 11.3 Å². The summed E-state index contributed by atoms with van der Waals surface area (Å²) >= 11 is 1.58. The summed E-state index contributed by atoms with van der Waals surface area (Å²) in [6.45, 7) is -2.90. The second kappa shape index (κ2) is 7.56. The van der Waals surface area contributed by atoms with Crippen LogP contribution < -0.4 is 51.4 Å². The summed E-state index contributed by atoms with van der Waals surface area (Å²) in [5, 5.41) is 1.94. The third kappa shape index (κ3) is 6.78. The molecule has 0 aliphatic rings. The van der Waals surface area contributed by atoms with E-state index in [0.717, 1.165) is 4.88 Å². The van der Waals surface area contributed by atoms with Gasteiger partial charge >= 0.3 is 58.4 Å². The van der Waals surface area contributed by atoms with Gasteiger partial charge in [-0.15, -0.1) is 11.3 Å². The van der Waals surface area contributed by atoms with Crippen LogP contribution in [0.5, 0.6) is 0 Å². The van der Waals surface area contributed by atoms with E-state index >= 15 is 0 Å². The Balaban J connectivity index is 0.00000225. The van der Waals surface area contributed by atoms with E-state index in [1.807, 2.05) is 24.4 Å². The van der Waals surface area contributed by atoms with Gasteiger partial charge in [-0.2, -0.15) is 0 Å². The second-order valence-corrected chi connectivity index (χ2v) is 4.81. The van der Waals surface area contributed by atoms with Crippen LogP contribution in [-0.2, 0) is 6.42 Å². The Kier molecular flexibility index (Phi) is 8.10. The van der Waals surface area contributed by atoms with Crippen LogP contribution in [-0.4, -0.2) is 31.4 Å². The van der Waals surface area contributed by atoms with Gasteiger partial charge in [0.15, 0.2) is 0 Å². The van der Waals surface area contributed by atoms with Crippen LogP contribution in [0.25, 0.3) is 0 Å². The number of thiophene rings is 1. The molecule has 1 nitrogen and oxygen atoms in total. The first-order valence-electron chi connectivity index (χ1n) is 4.82. The smallest absolute Gasteiger partial charge is 0.448 e. The van der Waals surface area contributed by atoms with E-state index in [1.165, 1.54) is 11.9 Å². The Labute approximate surface area is 141 Å². The fourth-order valence-electron chi connectivity index (χ4n) is 1.38. The molecule has 1 atom stereocenters. The maximum atomic E-state index is 12.2. The molecular formula is C9H14BF3KNS. The van der Waals surface area contributed by atoms with Crippen LogP contribution in [0.1, 0.15) is 11.8 Å². The largest absolute Gasteiger partial charge is 1.00 e. The standard InChI is InChI=1S/C9H14BF3NS.K/c1-8(6-9-4-3-5-15-9)14(2)7-10(11,12)13;/h3-5,8H,6-7H2,1-2H3;/q-1;+1. The maximum Gasteiger partial charge on any atom is 1.00 e. The molecule has 0 saturated carbocycles. The predicted molar refractivity (Wildman–Crippen MR) is 59.2 cm³/mol. The molecule has 16 heavy (non-hydrogen) atoms. The van der Waals surface area contributed by atoms with Crippen LogP contribution in [0.2, 0.25) is 0 Å². The quantitative estimate of drug-likeness (QED) is 0.684. The van der Waals surface area contributed by atoms with Crippen molar-refractivity contribution in [3.05, 3.63) is 22.4 Å². The van der Waals surface area contributed by atoms with Gasteiger partial charge in [0.2, 0.25) is 0 Å². The molecule has 86 valence electrons. The topological polar surface area (TPSA) is 3.24 Å². The molecule has 7 heteroatoms. The fraction of sp³-hybridized carbons (Fsp3) is 0.556. The summed E-state index contributed by atoms with van der Waals surface area (Å²) in [4.78, 5) is 2.49. The van der Waals surface area contributed by atoms with Crippen molar-refractivity contribution < 1.29 is 64.3 Å². The van der Waals surface area contributed by atoms with E-state index in [4.69, 9.17) is 0 Å². The number of halogens is 3. The number of hydrogen-bond acceptors (Lipinski definition) is 2. The molecule has 0 bridgehead atoms.